The number of aromatic nitrogens is 2. The van der Waals surface area contributed by atoms with Gasteiger partial charge < -0.3 is 15.6 Å². The third-order valence-electron chi connectivity index (χ3n) is 5.49. The molecular weight excluding hydrogens is 350 g/mol. The van der Waals surface area contributed by atoms with Gasteiger partial charge in [0, 0.05) is 37.9 Å². The lowest BCUT2D eigenvalue weighted by Crippen LogP contribution is -2.37. The Bertz CT molecular complexity index is 859. The largest absolute Gasteiger partial charge is 0.383 e. The number of nitrogens with one attached hydrogen (secondary N) is 3. The standard InChI is InChI=1S/C22H31N5O/c1-4-6-16(5-2)15-27-11-8-17(9-12-27)13-25-20-18-7-10-24-21(18)26-14-19(20)22(28)23-3/h4-7,10,14,17H,8-9,11-13,15H2,1-3H3,(H,23,28)(H2,24,25,26)/b6-4-,16-5+. The number of nitrogens with zero attached hydrogens (tertiary/aromatic N) is 2. The Morgan fingerprint density at radius 2 is 2.14 bits per heavy atom. The van der Waals surface area contributed by atoms with Crippen LogP contribution in [0.1, 0.15) is 37.0 Å². The van der Waals surface area contributed by atoms with Crippen molar-refractivity contribution >= 4 is 22.6 Å². The minimum atomic E-state index is -0.115. The van der Waals surface area contributed by atoms with E-state index in [0.29, 0.717) is 11.5 Å². The van der Waals surface area contributed by atoms with Crippen molar-refractivity contribution in [3.63, 3.8) is 0 Å². The van der Waals surface area contributed by atoms with Crippen LogP contribution in [-0.2, 0) is 0 Å². The highest BCUT2D eigenvalue weighted by molar-refractivity contribution is 6.06. The van der Waals surface area contributed by atoms with Crippen LogP contribution in [0.4, 0.5) is 5.69 Å². The van der Waals surface area contributed by atoms with E-state index < -0.39 is 0 Å². The smallest absolute Gasteiger partial charge is 0.254 e. The molecule has 3 N–H and O–H groups in total. The predicted octanol–water partition coefficient (Wildman–Crippen LogP) is 3.57. The fraction of sp³-hybridized carbons (Fsp3) is 0.455. The number of carbonyl (C=O) groups is 1. The van der Waals surface area contributed by atoms with Crippen molar-refractivity contribution in [3.8, 4) is 0 Å². The number of aromatic amines is 1. The van der Waals surface area contributed by atoms with Crippen molar-refractivity contribution < 1.29 is 4.79 Å². The molecule has 1 saturated heterocycles. The van der Waals surface area contributed by atoms with Gasteiger partial charge in [-0.1, -0.05) is 18.2 Å². The summed E-state index contributed by atoms with van der Waals surface area (Å²) >= 11 is 0. The average molecular weight is 382 g/mol. The number of anilines is 1. The molecule has 0 radical (unpaired) electrons. The minimum absolute atomic E-state index is 0.115. The van der Waals surface area contributed by atoms with E-state index in [1.807, 2.05) is 12.3 Å². The Kier molecular flexibility index (Phi) is 6.87. The zero-order valence-corrected chi connectivity index (χ0v) is 17.1. The molecular formula is C22H31N5O. The molecule has 28 heavy (non-hydrogen) atoms. The third kappa shape index (κ3) is 4.62. The van der Waals surface area contributed by atoms with Crippen LogP contribution in [-0.4, -0.2) is 54.0 Å². The summed E-state index contributed by atoms with van der Waals surface area (Å²) in [5, 5.41) is 7.22. The summed E-state index contributed by atoms with van der Waals surface area (Å²) in [5.74, 6) is 0.488. The summed E-state index contributed by atoms with van der Waals surface area (Å²) < 4.78 is 0. The molecule has 2 aromatic rings. The van der Waals surface area contributed by atoms with Crippen LogP contribution in [0.25, 0.3) is 11.0 Å². The maximum Gasteiger partial charge on any atom is 0.254 e. The molecule has 0 aromatic carbocycles. The van der Waals surface area contributed by atoms with Gasteiger partial charge in [0.1, 0.15) is 5.65 Å². The number of fused-ring (bicyclic) bond motifs is 1. The number of allylic oxidation sites excluding steroid dienone is 2. The lowest BCUT2D eigenvalue weighted by molar-refractivity contribution is 0.0963. The third-order valence-corrected chi connectivity index (χ3v) is 5.49. The molecule has 1 aliphatic heterocycles. The first-order valence-electron chi connectivity index (χ1n) is 10.1. The summed E-state index contributed by atoms with van der Waals surface area (Å²) in [6.45, 7) is 8.28. The topological polar surface area (TPSA) is 73.1 Å². The maximum absolute atomic E-state index is 12.3. The van der Waals surface area contributed by atoms with Crippen molar-refractivity contribution in [1.29, 1.82) is 0 Å². The molecule has 6 nitrogen and oxygen atoms in total. The molecule has 3 heterocycles. The Morgan fingerprint density at radius 1 is 1.36 bits per heavy atom. The Hall–Kier alpha value is -2.60. The van der Waals surface area contributed by atoms with E-state index in [1.54, 1.807) is 13.2 Å². The zero-order chi connectivity index (χ0) is 19.9. The zero-order valence-electron chi connectivity index (χ0n) is 17.1. The Morgan fingerprint density at radius 3 is 2.82 bits per heavy atom. The molecule has 1 fully saturated rings. The molecule has 0 bridgehead atoms. The number of likely N-dealkylation sites (tertiary alicyclic amines) is 1. The summed E-state index contributed by atoms with van der Waals surface area (Å²) in [5.41, 5.74) is 3.64. The van der Waals surface area contributed by atoms with Crippen LogP contribution in [0.3, 0.4) is 0 Å². The fourth-order valence-corrected chi connectivity index (χ4v) is 3.81. The average Bonchev–Trinajstić information content (AvgIpc) is 3.21. The normalized spacial score (nSPS) is 16.8. The SMILES string of the molecule is C/C=C\C(=C/C)CN1CCC(CNc2c(C(=O)NC)cnc3[nH]ccc23)CC1. The van der Waals surface area contributed by atoms with Gasteiger partial charge in [0.2, 0.25) is 0 Å². The number of H-pyrrole nitrogens is 1. The van der Waals surface area contributed by atoms with Crippen molar-refractivity contribution in [3.05, 3.63) is 47.8 Å². The minimum Gasteiger partial charge on any atom is -0.383 e. The second kappa shape index (κ2) is 9.55. The van der Waals surface area contributed by atoms with Gasteiger partial charge in [0.15, 0.2) is 0 Å². The molecule has 1 aliphatic rings. The quantitative estimate of drug-likeness (QED) is 0.641. The first-order chi connectivity index (χ1) is 13.7. The fourth-order valence-electron chi connectivity index (χ4n) is 3.81. The number of piperidine rings is 1. The maximum atomic E-state index is 12.3. The highest BCUT2D eigenvalue weighted by Gasteiger charge is 2.21. The van der Waals surface area contributed by atoms with E-state index >= 15 is 0 Å². The van der Waals surface area contributed by atoms with E-state index in [-0.39, 0.29) is 5.91 Å². The predicted molar refractivity (Wildman–Crippen MR) is 116 cm³/mol. The lowest BCUT2D eigenvalue weighted by Gasteiger charge is -2.32. The van der Waals surface area contributed by atoms with Gasteiger partial charge >= 0.3 is 0 Å². The van der Waals surface area contributed by atoms with Crippen LogP contribution in [0.15, 0.2) is 42.3 Å². The van der Waals surface area contributed by atoms with E-state index in [9.17, 15) is 4.79 Å². The van der Waals surface area contributed by atoms with Gasteiger partial charge in [-0.3, -0.25) is 9.69 Å². The number of rotatable bonds is 7. The first kappa shape index (κ1) is 20.1. The molecule has 0 unspecified atom stereocenters. The second-order valence-corrected chi connectivity index (χ2v) is 7.33. The van der Waals surface area contributed by atoms with Crippen LogP contribution in [0, 0.1) is 5.92 Å². The van der Waals surface area contributed by atoms with Gasteiger partial charge in [0.25, 0.3) is 5.91 Å². The van der Waals surface area contributed by atoms with Gasteiger partial charge in [-0.15, -0.1) is 0 Å². The van der Waals surface area contributed by atoms with E-state index in [2.05, 4.69) is 57.6 Å². The lowest BCUT2D eigenvalue weighted by atomic mass is 9.96. The van der Waals surface area contributed by atoms with E-state index in [1.165, 1.54) is 5.57 Å². The van der Waals surface area contributed by atoms with Crippen LogP contribution in [0.5, 0.6) is 0 Å². The number of carbonyl (C=O) groups excluding carboxylic acids is 1. The van der Waals surface area contributed by atoms with Crippen LogP contribution in [0.2, 0.25) is 0 Å². The molecule has 6 heteroatoms. The van der Waals surface area contributed by atoms with Crippen molar-refractivity contribution in [2.75, 3.05) is 38.5 Å². The monoisotopic (exact) mass is 381 g/mol. The molecule has 0 spiro atoms. The van der Waals surface area contributed by atoms with Gasteiger partial charge in [-0.25, -0.2) is 4.98 Å². The van der Waals surface area contributed by atoms with Gasteiger partial charge in [-0.05, 0) is 57.3 Å². The van der Waals surface area contributed by atoms with Crippen molar-refractivity contribution in [2.24, 2.45) is 5.92 Å². The second-order valence-electron chi connectivity index (χ2n) is 7.33. The summed E-state index contributed by atoms with van der Waals surface area (Å²) in [6.07, 6.45) is 12.3. The molecule has 0 atom stereocenters. The number of amides is 1. The highest BCUT2D eigenvalue weighted by atomic mass is 16.1. The summed E-state index contributed by atoms with van der Waals surface area (Å²) in [7, 11) is 1.65. The van der Waals surface area contributed by atoms with Crippen LogP contribution < -0.4 is 10.6 Å². The van der Waals surface area contributed by atoms with Crippen molar-refractivity contribution in [2.45, 2.75) is 26.7 Å². The molecule has 1 amide bonds. The van der Waals surface area contributed by atoms with E-state index in [0.717, 1.165) is 55.7 Å². The molecule has 0 saturated carbocycles. The Balaban J connectivity index is 1.61. The van der Waals surface area contributed by atoms with Crippen molar-refractivity contribution in [1.82, 2.24) is 20.2 Å². The number of hydrogen-bond donors (Lipinski definition) is 3. The first-order valence-corrected chi connectivity index (χ1v) is 10.1. The number of pyridine rings is 1. The van der Waals surface area contributed by atoms with E-state index in [4.69, 9.17) is 0 Å². The molecule has 3 rings (SSSR count). The molecule has 0 aliphatic carbocycles. The van der Waals surface area contributed by atoms with Crippen LogP contribution >= 0.6 is 0 Å². The summed E-state index contributed by atoms with van der Waals surface area (Å²) in [6, 6.07) is 1.97. The highest BCUT2D eigenvalue weighted by Crippen LogP contribution is 2.27. The summed E-state index contributed by atoms with van der Waals surface area (Å²) in [4.78, 5) is 22.3. The Labute approximate surface area is 167 Å². The van der Waals surface area contributed by atoms with Gasteiger partial charge in [-0.2, -0.15) is 0 Å². The molecule has 2 aromatic heterocycles. The van der Waals surface area contributed by atoms with Gasteiger partial charge in [0.05, 0.1) is 11.3 Å². The molecule has 150 valence electrons. The number of hydrogen-bond acceptors (Lipinski definition) is 4.